The molecule has 2 heterocycles. The molecule has 0 aromatic heterocycles. The third kappa shape index (κ3) is 4.79. The van der Waals surface area contributed by atoms with Gasteiger partial charge in [-0.1, -0.05) is 66.7 Å². The van der Waals surface area contributed by atoms with Gasteiger partial charge in [0.05, 0.1) is 11.4 Å². The minimum Gasteiger partial charge on any atom is -0.473 e. The third-order valence-electron chi connectivity index (χ3n) is 8.55. The van der Waals surface area contributed by atoms with E-state index in [-0.39, 0.29) is 0 Å². The van der Waals surface area contributed by atoms with Crippen molar-refractivity contribution in [1.29, 1.82) is 0 Å². The Hall–Kier alpha value is -4.00. The molecule has 2 aliphatic heterocycles. The smallest absolute Gasteiger partial charge is 0.161 e. The molecule has 210 valence electrons. The van der Waals surface area contributed by atoms with Gasteiger partial charge in [-0.25, -0.2) is 0 Å². The fourth-order valence-electron chi connectivity index (χ4n) is 6.15. The lowest BCUT2D eigenvalue weighted by molar-refractivity contribution is 0.288. The van der Waals surface area contributed by atoms with Gasteiger partial charge in [-0.15, -0.1) is 25.3 Å². The maximum absolute atomic E-state index is 6.23. The second-order valence-corrected chi connectivity index (χ2v) is 12.0. The Kier molecular flexibility index (Phi) is 7.04. The molecule has 5 aromatic carbocycles. The molecule has 7 rings (SSSR count). The minimum absolute atomic E-state index is 0.404. The van der Waals surface area contributed by atoms with Gasteiger partial charge in [0.15, 0.2) is 13.5 Å². The number of nitrogens with zero attached hydrogens (tertiary/aromatic N) is 2. The highest BCUT2D eigenvalue weighted by Crippen LogP contribution is 2.43. The lowest BCUT2D eigenvalue weighted by atomic mass is 9.70. The maximum Gasteiger partial charge on any atom is 0.161 e. The van der Waals surface area contributed by atoms with E-state index in [0.29, 0.717) is 13.5 Å². The first-order valence-electron chi connectivity index (χ1n) is 14.1. The summed E-state index contributed by atoms with van der Waals surface area (Å²) in [6.45, 7) is 4.82. The van der Waals surface area contributed by atoms with E-state index in [1.807, 2.05) is 36.4 Å². The van der Waals surface area contributed by atoms with Gasteiger partial charge in [0.25, 0.3) is 0 Å². The van der Waals surface area contributed by atoms with Crippen LogP contribution in [-0.4, -0.2) is 13.5 Å². The number of anilines is 2. The molecule has 0 radical (unpaired) electrons. The minimum atomic E-state index is -0.404. The van der Waals surface area contributed by atoms with Crippen LogP contribution in [0, 0.1) is 0 Å². The molecule has 0 saturated heterocycles. The van der Waals surface area contributed by atoms with Crippen LogP contribution in [0.25, 0.3) is 0 Å². The number of para-hydroxylation sites is 2. The molecule has 0 saturated carbocycles. The summed E-state index contributed by atoms with van der Waals surface area (Å²) in [6, 6.07) is 40.4. The predicted molar refractivity (Wildman–Crippen MR) is 176 cm³/mol. The summed E-state index contributed by atoms with van der Waals surface area (Å²) >= 11 is 9.40. The zero-order chi connectivity index (χ0) is 28.7. The van der Waals surface area contributed by atoms with Gasteiger partial charge in [-0.05, 0) is 72.1 Å². The SMILES string of the molecule is CC(c1ccccc1)(c1ccc2c(c1)CN(c1ccccc1S)CO2)c1ccc2c(c1)CN(c1ccccc1S)CO2. The molecule has 0 bridgehead atoms. The van der Waals surface area contributed by atoms with E-state index in [0.717, 1.165) is 56.9 Å². The number of hydrogen-bond donors (Lipinski definition) is 2. The average molecular weight is 589 g/mol. The Labute approximate surface area is 258 Å². The van der Waals surface area contributed by atoms with Crippen LogP contribution >= 0.6 is 25.3 Å². The van der Waals surface area contributed by atoms with Gasteiger partial charge >= 0.3 is 0 Å². The van der Waals surface area contributed by atoms with Gasteiger partial charge in [-0.3, -0.25) is 0 Å². The molecular formula is C36H32N2O2S2. The van der Waals surface area contributed by atoms with E-state index in [2.05, 4.69) is 95.6 Å². The first-order valence-corrected chi connectivity index (χ1v) is 15.0. The molecule has 2 aliphatic rings. The maximum atomic E-state index is 6.23. The van der Waals surface area contributed by atoms with Crippen molar-refractivity contribution in [1.82, 2.24) is 0 Å². The molecule has 0 aliphatic carbocycles. The molecule has 6 heteroatoms. The first-order chi connectivity index (χ1) is 20.5. The van der Waals surface area contributed by atoms with E-state index in [9.17, 15) is 0 Å². The van der Waals surface area contributed by atoms with Crippen LogP contribution in [0.2, 0.25) is 0 Å². The van der Waals surface area contributed by atoms with Crippen LogP contribution in [0.4, 0.5) is 11.4 Å². The van der Waals surface area contributed by atoms with Crippen molar-refractivity contribution < 1.29 is 9.47 Å². The zero-order valence-corrected chi connectivity index (χ0v) is 25.2. The summed E-state index contributed by atoms with van der Waals surface area (Å²) in [5.41, 5.74) is 7.73. The largest absolute Gasteiger partial charge is 0.473 e. The molecular weight excluding hydrogens is 557 g/mol. The Balaban J connectivity index is 1.29. The number of thiol groups is 2. The van der Waals surface area contributed by atoms with Gasteiger partial charge in [0.2, 0.25) is 0 Å². The summed E-state index contributed by atoms with van der Waals surface area (Å²) in [5, 5.41) is 0. The van der Waals surface area contributed by atoms with Gasteiger partial charge in [-0.2, -0.15) is 0 Å². The highest BCUT2D eigenvalue weighted by molar-refractivity contribution is 7.80. The summed E-state index contributed by atoms with van der Waals surface area (Å²) < 4.78 is 12.5. The molecule has 5 aromatic rings. The van der Waals surface area contributed by atoms with Gasteiger partial charge in [0, 0.05) is 39.4 Å². The number of fused-ring (bicyclic) bond motifs is 2. The van der Waals surface area contributed by atoms with E-state index >= 15 is 0 Å². The second kappa shape index (κ2) is 11.0. The first kappa shape index (κ1) is 26.9. The topological polar surface area (TPSA) is 24.9 Å². The number of rotatable bonds is 5. The van der Waals surface area contributed by atoms with E-state index in [1.165, 1.54) is 16.7 Å². The lowest BCUT2D eigenvalue weighted by Crippen LogP contribution is -2.33. The van der Waals surface area contributed by atoms with E-state index in [1.54, 1.807) is 0 Å². The van der Waals surface area contributed by atoms with Crippen molar-refractivity contribution in [3.63, 3.8) is 0 Å². The van der Waals surface area contributed by atoms with E-state index < -0.39 is 5.41 Å². The molecule has 0 atom stereocenters. The van der Waals surface area contributed by atoms with Crippen molar-refractivity contribution in [2.24, 2.45) is 0 Å². The zero-order valence-electron chi connectivity index (χ0n) is 23.4. The molecule has 0 unspecified atom stereocenters. The quantitative estimate of drug-likeness (QED) is 0.159. The number of hydrogen-bond acceptors (Lipinski definition) is 6. The predicted octanol–water partition coefficient (Wildman–Crippen LogP) is 8.33. The van der Waals surface area contributed by atoms with Crippen LogP contribution in [0.3, 0.4) is 0 Å². The van der Waals surface area contributed by atoms with Gasteiger partial charge < -0.3 is 19.3 Å². The second-order valence-electron chi connectivity index (χ2n) is 11.1. The fraction of sp³-hybridized carbons (Fsp3) is 0.167. The summed E-state index contributed by atoms with van der Waals surface area (Å²) in [4.78, 5) is 6.36. The van der Waals surface area contributed by atoms with Crippen molar-refractivity contribution in [3.05, 3.63) is 143 Å². The van der Waals surface area contributed by atoms with Crippen molar-refractivity contribution in [2.45, 2.75) is 35.2 Å². The van der Waals surface area contributed by atoms with Crippen LogP contribution < -0.4 is 19.3 Å². The standard InChI is InChI=1S/C36H32N2O2S2/c1-36(27-9-3-2-4-10-27,28-15-17-32-25(19-28)21-37(23-39-32)30-11-5-7-13-34(30)41)29-16-18-33-26(20-29)22-38(24-40-33)31-12-6-8-14-35(31)42/h2-20,41-42H,21-24H2,1H3. The molecule has 0 fully saturated rings. The Morgan fingerprint density at radius 1 is 0.548 bits per heavy atom. The molecule has 0 spiro atoms. The van der Waals surface area contributed by atoms with Crippen molar-refractivity contribution >= 4 is 36.6 Å². The highest BCUT2D eigenvalue weighted by atomic mass is 32.1. The average Bonchev–Trinajstić information content (AvgIpc) is 3.04. The lowest BCUT2D eigenvalue weighted by Gasteiger charge is -2.36. The molecule has 0 amide bonds. The third-order valence-corrected chi connectivity index (χ3v) is 9.30. The van der Waals surface area contributed by atoms with Crippen LogP contribution in [-0.2, 0) is 18.5 Å². The molecule has 0 N–H and O–H groups in total. The summed E-state index contributed by atoms with van der Waals surface area (Å²) in [6.07, 6.45) is 0. The fourth-order valence-corrected chi connectivity index (χ4v) is 6.76. The summed E-state index contributed by atoms with van der Waals surface area (Å²) in [5.74, 6) is 1.86. The Bertz CT molecular complexity index is 1650. The monoisotopic (exact) mass is 588 g/mol. The van der Waals surface area contributed by atoms with Crippen LogP contribution in [0.15, 0.2) is 125 Å². The van der Waals surface area contributed by atoms with E-state index in [4.69, 9.17) is 34.7 Å². The van der Waals surface area contributed by atoms with Crippen LogP contribution in [0.1, 0.15) is 34.7 Å². The summed E-state index contributed by atoms with van der Waals surface area (Å²) in [7, 11) is 0. The van der Waals surface area contributed by atoms with Gasteiger partial charge in [0.1, 0.15) is 11.5 Å². The van der Waals surface area contributed by atoms with Crippen molar-refractivity contribution in [2.75, 3.05) is 23.3 Å². The van der Waals surface area contributed by atoms with Crippen LogP contribution in [0.5, 0.6) is 11.5 Å². The molecule has 42 heavy (non-hydrogen) atoms. The van der Waals surface area contributed by atoms with Crippen molar-refractivity contribution in [3.8, 4) is 11.5 Å². The normalized spacial score (nSPS) is 14.5. The Morgan fingerprint density at radius 2 is 1.00 bits per heavy atom. The highest BCUT2D eigenvalue weighted by Gasteiger charge is 2.34. The Morgan fingerprint density at radius 3 is 1.48 bits per heavy atom. The number of ether oxygens (including phenoxy) is 2. The number of benzene rings is 5. The molecule has 4 nitrogen and oxygen atoms in total.